The number of morpholine rings is 1. The Morgan fingerprint density at radius 3 is 2.34 bits per heavy atom. The molecule has 4 saturated carbocycles. The summed E-state index contributed by atoms with van der Waals surface area (Å²) in [5, 5.41) is 11.2. The number of ether oxygens (including phenoxy) is 2. The Morgan fingerprint density at radius 1 is 0.914 bits per heavy atom. The fraction of sp³-hybridized carbons (Fsp3) is 0.966. The van der Waals surface area contributed by atoms with Crippen LogP contribution in [-0.2, 0) is 14.3 Å². The molecular formula is C29H48N2O4. The van der Waals surface area contributed by atoms with E-state index in [2.05, 4.69) is 23.6 Å². The van der Waals surface area contributed by atoms with Crippen molar-refractivity contribution < 1.29 is 19.4 Å². The number of likely N-dealkylation sites (tertiary alicyclic amines) is 1. The van der Waals surface area contributed by atoms with Gasteiger partial charge in [-0.1, -0.05) is 13.8 Å². The first-order chi connectivity index (χ1) is 16.8. The van der Waals surface area contributed by atoms with Crippen molar-refractivity contribution in [1.82, 2.24) is 9.80 Å². The second-order valence-corrected chi connectivity index (χ2v) is 13.5. The van der Waals surface area contributed by atoms with Gasteiger partial charge in [0.25, 0.3) is 0 Å². The Kier molecular flexibility index (Phi) is 6.51. The van der Waals surface area contributed by atoms with E-state index >= 15 is 0 Å². The van der Waals surface area contributed by atoms with Crippen molar-refractivity contribution in [2.45, 2.75) is 103 Å². The molecule has 2 aliphatic heterocycles. The zero-order valence-electron chi connectivity index (χ0n) is 22.3. The summed E-state index contributed by atoms with van der Waals surface area (Å²) in [7, 11) is 0. The van der Waals surface area contributed by atoms with Crippen molar-refractivity contribution in [3.63, 3.8) is 0 Å². The van der Waals surface area contributed by atoms with Crippen LogP contribution in [0.3, 0.4) is 0 Å². The monoisotopic (exact) mass is 488 g/mol. The molecule has 0 aromatic rings. The maximum atomic E-state index is 12.2. The summed E-state index contributed by atoms with van der Waals surface area (Å²) < 4.78 is 11.8. The van der Waals surface area contributed by atoms with E-state index in [1.807, 2.05) is 0 Å². The quantitative estimate of drug-likeness (QED) is 0.611. The van der Waals surface area contributed by atoms with Crippen LogP contribution in [0.2, 0.25) is 0 Å². The highest BCUT2D eigenvalue weighted by atomic mass is 16.5. The summed E-state index contributed by atoms with van der Waals surface area (Å²) in [6.45, 7) is 12.5. The smallest absolute Gasteiger partial charge is 0.302 e. The van der Waals surface area contributed by atoms with Gasteiger partial charge in [0.2, 0.25) is 0 Å². The second-order valence-electron chi connectivity index (χ2n) is 13.5. The van der Waals surface area contributed by atoms with Gasteiger partial charge < -0.3 is 14.6 Å². The molecule has 4 aliphatic carbocycles. The molecule has 10 atom stereocenters. The first-order valence-electron chi connectivity index (χ1n) is 14.7. The third kappa shape index (κ3) is 4.00. The van der Waals surface area contributed by atoms with Gasteiger partial charge in [0.15, 0.2) is 0 Å². The molecule has 6 rings (SSSR count). The number of carbonyl (C=O) groups is 1. The van der Waals surface area contributed by atoms with Gasteiger partial charge in [-0.2, -0.15) is 0 Å². The largest absolute Gasteiger partial charge is 0.460 e. The predicted molar refractivity (Wildman–Crippen MR) is 135 cm³/mol. The molecule has 0 spiro atoms. The van der Waals surface area contributed by atoms with Gasteiger partial charge in [-0.05, 0) is 100.0 Å². The van der Waals surface area contributed by atoms with Crippen LogP contribution in [0.5, 0.6) is 0 Å². The minimum atomic E-state index is -0.198. The highest BCUT2D eigenvalue weighted by Gasteiger charge is 2.65. The van der Waals surface area contributed by atoms with Crippen LogP contribution in [0.1, 0.15) is 78.6 Å². The topological polar surface area (TPSA) is 62.2 Å². The Morgan fingerprint density at radius 2 is 1.63 bits per heavy atom. The van der Waals surface area contributed by atoms with Crippen molar-refractivity contribution in [1.29, 1.82) is 0 Å². The molecule has 6 heteroatoms. The van der Waals surface area contributed by atoms with Gasteiger partial charge in [0.05, 0.1) is 19.3 Å². The van der Waals surface area contributed by atoms with E-state index in [-0.39, 0.29) is 29.6 Å². The maximum Gasteiger partial charge on any atom is 0.302 e. The maximum absolute atomic E-state index is 12.2. The van der Waals surface area contributed by atoms with E-state index in [0.29, 0.717) is 23.3 Å². The van der Waals surface area contributed by atoms with Crippen molar-refractivity contribution in [2.75, 3.05) is 39.4 Å². The number of carbonyl (C=O) groups excluding carboxylic acids is 1. The lowest BCUT2D eigenvalue weighted by Gasteiger charge is -2.62. The second kappa shape index (κ2) is 9.25. The van der Waals surface area contributed by atoms with Crippen molar-refractivity contribution in [3.8, 4) is 0 Å². The van der Waals surface area contributed by atoms with Gasteiger partial charge in [-0.25, -0.2) is 0 Å². The fourth-order valence-corrected chi connectivity index (χ4v) is 10.3. The molecule has 198 valence electrons. The van der Waals surface area contributed by atoms with E-state index in [9.17, 15) is 9.90 Å². The third-order valence-corrected chi connectivity index (χ3v) is 12.0. The Bertz CT molecular complexity index is 796. The standard InChI is InChI=1S/C29H48N2O4/c1-19(32)35-27-24(30-10-4-5-11-30)17-23-21-7-6-20-16-26(33)25(31-12-14-34-15-13-31)18-29(20,3)22(21)8-9-28(23,27)2/h20-27,33H,4-18H2,1-3H3/t20-,21+,22-,23-,24-,25-,26-,27-,28+,29-/m0/s1. The number of rotatable bonds is 3. The summed E-state index contributed by atoms with van der Waals surface area (Å²) in [5.41, 5.74) is 0.399. The average Bonchev–Trinajstić information content (AvgIpc) is 3.46. The lowest BCUT2D eigenvalue weighted by molar-refractivity contribution is -0.172. The van der Waals surface area contributed by atoms with E-state index in [0.717, 1.165) is 64.1 Å². The molecule has 0 unspecified atom stereocenters. The van der Waals surface area contributed by atoms with E-state index in [1.54, 1.807) is 6.92 Å². The molecule has 1 N–H and O–H groups in total. The number of aliphatic hydroxyl groups excluding tert-OH is 1. The molecule has 2 heterocycles. The van der Waals surface area contributed by atoms with Crippen LogP contribution in [0.25, 0.3) is 0 Å². The number of esters is 1. The van der Waals surface area contributed by atoms with Crippen LogP contribution < -0.4 is 0 Å². The average molecular weight is 489 g/mol. The van der Waals surface area contributed by atoms with Crippen molar-refractivity contribution >= 4 is 5.97 Å². The molecular weight excluding hydrogens is 440 g/mol. The predicted octanol–water partition coefficient (Wildman–Crippen LogP) is 3.71. The molecule has 6 aliphatic rings. The van der Waals surface area contributed by atoms with Crippen LogP contribution in [0.15, 0.2) is 0 Å². The zero-order valence-corrected chi connectivity index (χ0v) is 22.3. The molecule has 2 saturated heterocycles. The highest BCUT2D eigenvalue weighted by Crippen LogP contribution is 2.67. The molecule has 6 fully saturated rings. The van der Waals surface area contributed by atoms with Gasteiger partial charge in [0.1, 0.15) is 6.10 Å². The molecule has 0 aromatic carbocycles. The first kappa shape index (κ1) is 24.6. The summed E-state index contributed by atoms with van der Waals surface area (Å²) >= 11 is 0. The molecule has 6 nitrogen and oxygen atoms in total. The van der Waals surface area contributed by atoms with Crippen LogP contribution in [-0.4, -0.2) is 84.6 Å². The first-order valence-corrected chi connectivity index (χ1v) is 14.7. The number of hydrogen-bond acceptors (Lipinski definition) is 6. The Hall–Kier alpha value is -0.690. The zero-order chi connectivity index (χ0) is 24.4. The molecule has 0 amide bonds. The lowest BCUT2D eigenvalue weighted by Crippen LogP contribution is -2.61. The minimum absolute atomic E-state index is 0.0452. The number of fused-ring (bicyclic) bond motifs is 5. The SMILES string of the molecule is CC(=O)O[C@H]1[C@@H](N2CCCC2)C[C@H]2[C@@H]3CC[C@H]4C[C@H](O)[C@@H](N5CCOCC5)C[C@]4(C)[C@H]3CC[C@]21C. The Balaban J connectivity index is 1.27. The van der Waals surface area contributed by atoms with Crippen molar-refractivity contribution in [2.24, 2.45) is 34.5 Å². The molecule has 35 heavy (non-hydrogen) atoms. The summed E-state index contributed by atoms with van der Waals surface area (Å²) in [6, 6.07) is 0.678. The van der Waals surface area contributed by atoms with E-state index < -0.39 is 0 Å². The van der Waals surface area contributed by atoms with Gasteiger partial charge in [-0.15, -0.1) is 0 Å². The number of nitrogens with zero attached hydrogens (tertiary/aromatic N) is 2. The van der Waals surface area contributed by atoms with Gasteiger partial charge >= 0.3 is 5.97 Å². The number of hydrogen-bond donors (Lipinski definition) is 1. The van der Waals surface area contributed by atoms with Crippen LogP contribution in [0, 0.1) is 34.5 Å². The molecule has 0 radical (unpaired) electrons. The Labute approximate surface area is 212 Å². The molecule has 0 bridgehead atoms. The van der Waals surface area contributed by atoms with Crippen LogP contribution in [0.4, 0.5) is 0 Å². The van der Waals surface area contributed by atoms with Gasteiger partial charge in [-0.3, -0.25) is 14.6 Å². The third-order valence-electron chi connectivity index (χ3n) is 12.0. The van der Waals surface area contributed by atoms with Gasteiger partial charge in [0, 0.05) is 37.5 Å². The molecule has 0 aromatic heterocycles. The summed E-state index contributed by atoms with van der Waals surface area (Å²) in [4.78, 5) is 17.4. The lowest BCUT2D eigenvalue weighted by atomic mass is 9.44. The summed E-state index contributed by atoms with van der Waals surface area (Å²) in [5.74, 6) is 2.63. The van der Waals surface area contributed by atoms with E-state index in [4.69, 9.17) is 9.47 Å². The number of aliphatic hydroxyl groups is 1. The van der Waals surface area contributed by atoms with E-state index in [1.165, 1.54) is 44.9 Å². The van der Waals surface area contributed by atoms with Crippen molar-refractivity contribution in [3.05, 3.63) is 0 Å². The summed E-state index contributed by atoms with van der Waals surface area (Å²) in [6.07, 6.45) is 10.7. The fourth-order valence-electron chi connectivity index (χ4n) is 10.3. The van der Waals surface area contributed by atoms with Crippen LogP contribution >= 0.6 is 0 Å². The highest BCUT2D eigenvalue weighted by molar-refractivity contribution is 5.66. The minimum Gasteiger partial charge on any atom is -0.460 e. The normalized spacial score (nSPS) is 50.9.